The van der Waals surface area contributed by atoms with E-state index in [0.29, 0.717) is 6.42 Å². The van der Waals surface area contributed by atoms with Gasteiger partial charge in [-0.15, -0.1) is 0 Å². The van der Waals surface area contributed by atoms with Crippen LogP contribution in [0.1, 0.15) is 316 Å². The second kappa shape index (κ2) is 68.2. The fourth-order valence-electron chi connectivity index (χ4n) is 11.2. The van der Waals surface area contributed by atoms with Crippen LogP contribution in [0, 0.1) is 0 Å². The number of hydrogen-bond acceptors (Lipinski definition) is 8. The first-order chi connectivity index (χ1) is 44.3. The van der Waals surface area contributed by atoms with E-state index in [4.69, 9.17) is 9.47 Å². The number of ether oxygens (including phenoxy) is 2. The summed E-state index contributed by atoms with van der Waals surface area (Å²) in [7, 11) is 0. The molecular formula is C81H139NO8. The molecule has 7 atom stereocenters. The Morgan fingerprint density at radius 1 is 0.389 bits per heavy atom. The van der Waals surface area contributed by atoms with Crippen LogP contribution in [-0.4, -0.2) is 87.5 Å². The summed E-state index contributed by atoms with van der Waals surface area (Å²) in [6.07, 6.45) is 97.1. The standard InChI is InChI=1S/C81H139NO8/c1-3-5-7-9-11-13-15-17-19-21-23-25-27-29-31-33-35-37-38-39-41-43-45-47-49-51-53-55-57-59-61-63-65-67-69-71-77(85)82-74(73-89-81-80(88)79(87)78(86)76(72-83)90-81)75(84)70-68-66-64-62-60-58-56-54-52-50-48-46-44-42-40-36-34-32-30-28-26-24-22-20-18-16-14-12-10-8-6-4-2/h5,7,11,13,17,19,23,25,29,31,35,37,39,41,45,47,51,53,57,59,68,70,74-76,78-81,83-84,86-88H,3-4,6,8-10,12,14-16,18,20-22,24,26-28,30,32-34,36,38,40,42-44,46,48-50,52,54-56,58,60-67,69,71-73H2,1-2H3,(H,82,85)/b7-5-,13-11-,19-17-,25-23-,31-29-,37-35-,41-39-,47-45-,53-51-,59-57-,70-68+. The molecule has 0 aromatic rings. The highest BCUT2D eigenvalue weighted by molar-refractivity contribution is 5.76. The van der Waals surface area contributed by atoms with Crippen LogP contribution in [0.15, 0.2) is 134 Å². The van der Waals surface area contributed by atoms with Crippen LogP contribution in [0.2, 0.25) is 0 Å². The zero-order valence-corrected chi connectivity index (χ0v) is 57.9. The molecule has 0 bridgehead atoms. The molecule has 90 heavy (non-hydrogen) atoms. The van der Waals surface area contributed by atoms with Crippen molar-refractivity contribution in [1.82, 2.24) is 5.32 Å². The highest BCUT2D eigenvalue weighted by atomic mass is 16.7. The number of rotatable bonds is 64. The Bertz CT molecular complexity index is 1890. The van der Waals surface area contributed by atoms with Gasteiger partial charge in [-0.25, -0.2) is 0 Å². The van der Waals surface area contributed by atoms with Crippen LogP contribution in [0.5, 0.6) is 0 Å². The van der Waals surface area contributed by atoms with E-state index in [1.54, 1.807) is 6.08 Å². The average molecular weight is 1260 g/mol. The van der Waals surface area contributed by atoms with E-state index in [1.807, 2.05) is 6.08 Å². The zero-order valence-electron chi connectivity index (χ0n) is 57.9. The van der Waals surface area contributed by atoms with Gasteiger partial charge in [0.1, 0.15) is 24.4 Å². The maximum Gasteiger partial charge on any atom is 0.220 e. The van der Waals surface area contributed by atoms with E-state index in [1.165, 1.54) is 180 Å². The van der Waals surface area contributed by atoms with Crippen molar-refractivity contribution < 1.29 is 39.8 Å². The molecule has 1 fully saturated rings. The number of hydrogen-bond donors (Lipinski definition) is 6. The molecule has 0 saturated carbocycles. The molecule has 0 spiro atoms. The van der Waals surface area contributed by atoms with Gasteiger partial charge in [0.05, 0.1) is 25.4 Å². The lowest BCUT2D eigenvalue weighted by Crippen LogP contribution is -2.60. The van der Waals surface area contributed by atoms with Crippen molar-refractivity contribution in [2.45, 2.75) is 358 Å². The molecule has 6 N–H and O–H groups in total. The molecule has 1 aliphatic heterocycles. The molecule has 7 unspecified atom stereocenters. The van der Waals surface area contributed by atoms with Gasteiger partial charge in [-0.3, -0.25) is 4.79 Å². The van der Waals surface area contributed by atoms with Crippen molar-refractivity contribution in [3.63, 3.8) is 0 Å². The summed E-state index contributed by atoms with van der Waals surface area (Å²) < 4.78 is 11.3. The van der Waals surface area contributed by atoms with Crippen molar-refractivity contribution in [1.29, 1.82) is 0 Å². The van der Waals surface area contributed by atoms with E-state index >= 15 is 0 Å². The minimum Gasteiger partial charge on any atom is -0.394 e. The van der Waals surface area contributed by atoms with Crippen LogP contribution < -0.4 is 5.32 Å². The normalized spacial score (nSPS) is 18.6. The minimum absolute atomic E-state index is 0.203. The van der Waals surface area contributed by atoms with Gasteiger partial charge < -0.3 is 40.3 Å². The number of nitrogens with one attached hydrogen (secondary N) is 1. The summed E-state index contributed by atoms with van der Waals surface area (Å²) >= 11 is 0. The highest BCUT2D eigenvalue weighted by Crippen LogP contribution is 2.23. The Kier molecular flexibility index (Phi) is 63.9. The number of allylic oxidation sites excluding steroid dienone is 21. The number of unbranched alkanes of at least 4 members (excludes halogenated alkanes) is 34. The quantitative estimate of drug-likeness (QED) is 0.0261. The first kappa shape index (κ1) is 84.3. The third-order valence-corrected chi connectivity index (χ3v) is 17.0. The lowest BCUT2D eigenvalue weighted by atomic mass is 9.99. The minimum atomic E-state index is -1.58. The Labute approximate surface area is 553 Å². The van der Waals surface area contributed by atoms with Crippen LogP contribution >= 0.6 is 0 Å². The molecule has 0 aromatic heterocycles. The maximum absolute atomic E-state index is 13.1. The Hall–Kier alpha value is -3.67. The van der Waals surface area contributed by atoms with Crippen LogP contribution in [-0.2, 0) is 14.3 Å². The first-order valence-corrected chi connectivity index (χ1v) is 37.4. The van der Waals surface area contributed by atoms with Gasteiger partial charge in [0, 0.05) is 6.42 Å². The zero-order chi connectivity index (χ0) is 64.9. The van der Waals surface area contributed by atoms with Crippen LogP contribution in [0.25, 0.3) is 0 Å². The number of carbonyl (C=O) groups is 1. The predicted octanol–water partition coefficient (Wildman–Crippen LogP) is 21.1. The molecule has 1 saturated heterocycles. The summed E-state index contributed by atoms with van der Waals surface area (Å²) in [5.74, 6) is -0.203. The van der Waals surface area contributed by atoms with E-state index in [0.717, 1.165) is 116 Å². The Morgan fingerprint density at radius 3 is 1.02 bits per heavy atom. The second-order valence-electron chi connectivity index (χ2n) is 25.4. The summed E-state index contributed by atoms with van der Waals surface area (Å²) in [5, 5.41) is 54.8. The van der Waals surface area contributed by atoms with E-state index in [9.17, 15) is 30.3 Å². The molecule has 0 aromatic carbocycles. The Balaban J connectivity index is 2.17. The number of carbonyl (C=O) groups excluding carboxylic acids is 1. The lowest BCUT2D eigenvalue weighted by Gasteiger charge is -2.40. The van der Waals surface area contributed by atoms with Gasteiger partial charge in [0.25, 0.3) is 0 Å². The molecule has 9 heteroatoms. The maximum atomic E-state index is 13.1. The van der Waals surface area contributed by atoms with Crippen molar-refractivity contribution >= 4 is 5.91 Å². The second-order valence-corrected chi connectivity index (χ2v) is 25.4. The number of aliphatic hydroxyl groups excluding tert-OH is 5. The molecule has 1 rings (SSSR count). The molecule has 0 radical (unpaired) electrons. The Morgan fingerprint density at radius 2 is 0.689 bits per heavy atom. The summed E-state index contributed by atoms with van der Waals surface area (Å²) in [5.41, 5.74) is 0. The SMILES string of the molecule is CC/C=C\C/C=C\C/C=C\C/C=C\C/C=C\C/C=C\C/C=C\C/C=C\C/C=C\C/C=C\CCCCCCC(=O)NC(COC1OC(CO)C(O)C(O)C1O)C(O)/C=C/CCCCCCCCCCCCCCCCCCCCCCCCCCCCCCCC. The predicted molar refractivity (Wildman–Crippen MR) is 387 cm³/mol. The topological polar surface area (TPSA) is 149 Å². The molecular weight excluding hydrogens is 1110 g/mol. The van der Waals surface area contributed by atoms with Gasteiger partial charge in [-0.1, -0.05) is 347 Å². The third-order valence-electron chi connectivity index (χ3n) is 17.0. The molecule has 1 amide bonds. The van der Waals surface area contributed by atoms with Gasteiger partial charge in [0.15, 0.2) is 6.29 Å². The van der Waals surface area contributed by atoms with Gasteiger partial charge in [-0.2, -0.15) is 0 Å². The average Bonchev–Trinajstić information content (AvgIpc) is 1.28. The van der Waals surface area contributed by atoms with Crippen molar-refractivity contribution in [2.75, 3.05) is 13.2 Å². The molecule has 1 heterocycles. The molecule has 9 nitrogen and oxygen atoms in total. The molecule has 0 aliphatic carbocycles. The van der Waals surface area contributed by atoms with E-state index < -0.39 is 49.5 Å². The van der Waals surface area contributed by atoms with Crippen molar-refractivity contribution in [3.05, 3.63) is 134 Å². The third kappa shape index (κ3) is 55.9. The van der Waals surface area contributed by atoms with Crippen molar-refractivity contribution in [2.24, 2.45) is 0 Å². The largest absolute Gasteiger partial charge is 0.394 e. The molecule has 1 aliphatic rings. The van der Waals surface area contributed by atoms with Gasteiger partial charge in [-0.05, 0) is 96.3 Å². The monoisotopic (exact) mass is 1250 g/mol. The highest BCUT2D eigenvalue weighted by Gasteiger charge is 2.44. The van der Waals surface area contributed by atoms with E-state index in [2.05, 4.69) is 141 Å². The van der Waals surface area contributed by atoms with Crippen LogP contribution in [0.4, 0.5) is 0 Å². The number of aliphatic hydroxyl groups is 5. The van der Waals surface area contributed by atoms with Gasteiger partial charge >= 0.3 is 0 Å². The fourth-order valence-corrected chi connectivity index (χ4v) is 11.2. The number of amides is 1. The van der Waals surface area contributed by atoms with Crippen molar-refractivity contribution in [3.8, 4) is 0 Å². The summed E-state index contributed by atoms with van der Waals surface area (Å²) in [4.78, 5) is 13.1. The summed E-state index contributed by atoms with van der Waals surface area (Å²) in [6.45, 7) is 3.68. The smallest absolute Gasteiger partial charge is 0.220 e. The van der Waals surface area contributed by atoms with E-state index in [-0.39, 0.29) is 12.5 Å². The summed E-state index contributed by atoms with van der Waals surface area (Å²) in [6, 6.07) is -0.831. The lowest BCUT2D eigenvalue weighted by molar-refractivity contribution is -0.302. The van der Waals surface area contributed by atoms with Gasteiger partial charge in [0.2, 0.25) is 5.91 Å². The van der Waals surface area contributed by atoms with Crippen LogP contribution in [0.3, 0.4) is 0 Å². The first-order valence-electron chi connectivity index (χ1n) is 37.4. The fraction of sp³-hybridized carbons (Fsp3) is 0.716. The molecule has 516 valence electrons.